The highest BCUT2D eigenvalue weighted by molar-refractivity contribution is 6.37. The molecule has 0 fully saturated rings. The number of aromatic nitrogens is 3. The highest BCUT2D eigenvalue weighted by atomic mass is 35.5. The molecule has 0 saturated carbocycles. The third-order valence-corrected chi connectivity index (χ3v) is 5.54. The lowest BCUT2D eigenvalue weighted by Crippen LogP contribution is -2.02. The normalized spacial score (nSPS) is 12.0. The van der Waals surface area contributed by atoms with Crippen LogP contribution in [0.15, 0.2) is 65.9 Å². The van der Waals surface area contributed by atoms with Crippen LogP contribution < -0.4 is 10.1 Å². The second-order valence-corrected chi connectivity index (χ2v) is 8.08. The van der Waals surface area contributed by atoms with E-state index >= 15 is 0 Å². The third-order valence-electron chi connectivity index (χ3n) is 4.97. The van der Waals surface area contributed by atoms with Crippen LogP contribution in [0.3, 0.4) is 0 Å². The van der Waals surface area contributed by atoms with E-state index in [1.807, 2.05) is 55.5 Å². The number of fused-ring (bicyclic) bond motifs is 1. The molecule has 0 spiro atoms. The summed E-state index contributed by atoms with van der Waals surface area (Å²) in [6, 6.07) is 15.3. The summed E-state index contributed by atoms with van der Waals surface area (Å²) < 4.78 is 6.12. The lowest BCUT2D eigenvalue weighted by Gasteiger charge is -2.14. The minimum atomic E-state index is 0.334. The van der Waals surface area contributed by atoms with E-state index in [2.05, 4.69) is 25.3 Å². The van der Waals surface area contributed by atoms with Crippen molar-refractivity contribution >= 4 is 46.9 Å². The van der Waals surface area contributed by atoms with Gasteiger partial charge in [0.25, 0.3) is 0 Å². The first-order chi connectivity index (χ1) is 15.6. The Kier molecular flexibility index (Phi) is 5.47. The van der Waals surface area contributed by atoms with E-state index in [1.165, 1.54) is 5.56 Å². The van der Waals surface area contributed by atoms with Crippen LogP contribution in [0.1, 0.15) is 11.1 Å². The molecule has 0 bridgehead atoms. The van der Waals surface area contributed by atoms with Gasteiger partial charge in [0.1, 0.15) is 0 Å². The number of pyridine rings is 1. The summed E-state index contributed by atoms with van der Waals surface area (Å²) in [5, 5.41) is 3.96. The zero-order valence-corrected chi connectivity index (χ0v) is 18.5. The van der Waals surface area contributed by atoms with E-state index in [9.17, 15) is 0 Å². The van der Waals surface area contributed by atoms with E-state index in [-0.39, 0.29) is 0 Å². The van der Waals surface area contributed by atoms with Crippen molar-refractivity contribution in [3.05, 3.63) is 82.1 Å². The van der Waals surface area contributed by atoms with Gasteiger partial charge in [0.15, 0.2) is 11.6 Å². The Morgan fingerprint density at radius 1 is 0.906 bits per heavy atom. The highest BCUT2D eigenvalue weighted by Crippen LogP contribution is 2.42. The molecule has 158 valence electrons. The number of halogens is 2. The van der Waals surface area contributed by atoms with Gasteiger partial charge in [-0.1, -0.05) is 40.9 Å². The number of benzene rings is 2. The van der Waals surface area contributed by atoms with Crippen LogP contribution in [0.25, 0.3) is 11.1 Å². The number of nitrogens with one attached hydrogen (secondary N) is 1. The fraction of sp³-hybridized carbons (Fsp3) is 0.0833. The van der Waals surface area contributed by atoms with E-state index in [0.29, 0.717) is 39.9 Å². The van der Waals surface area contributed by atoms with Gasteiger partial charge in [0.2, 0.25) is 11.8 Å². The van der Waals surface area contributed by atoms with Crippen LogP contribution in [-0.2, 0) is 6.42 Å². The lowest BCUT2D eigenvalue weighted by molar-refractivity contribution is 0.459. The van der Waals surface area contributed by atoms with Gasteiger partial charge in [-0.25, -0.2) is 4.99 Å². The first-order valence-electron chi connectivity index (χ1n) is 9.91. The van der Waals surface area contributed by atoms with E-state index in [4.69, 9.17) is 27.9 Å². The average molecular weight is 462 g/mol. The minimum Gasteiger partial charge on any atom is -0.435 e. The van der Waals surface area contributed by atoms with Crippen molar-refractivity contribution in [3.8, 4) is 22.8 Å². The van der Waals surface area contributed by atoms with Crippen LogP contribution in [-0.4, -0.2) is 21.2 Å². The number of hydrogen-bond acceptors (Lipinski definition) is 6. The molecule has 4 aromatic rings. The van der Waals surface area contributed by atoms with Crippen LogP contribution in [0.5, 0.6) is 11.6 Å². The fourth-order valence-electron chi connectivity index (χ4n) is 3.33. The SMILES string of the molecule is Cc1ccc(Nc2nc3c(c(Oc4c(Cl)cc(-c5ccncc5)cc4Cl)n2)CC=N3)cc1. The monoisotopic (exact) mass is 461 g/mol. The van der Waals surface area contributed by atoms with Crippen molar-refractivity contribution in [2.45, 2.75) is 13.3 Å². The molecule has 1 N–H and O–H groups in total. The summed E-state index contributed by atoms with van der Waals surface area (Å²) in [5.41, 5.74) is 4.63. The van der Waals surface area contributed by atoms with Crippen molar-refractivity contribution in [1.82, 2.24) is 15.0 Å². The summed E-state index contributed by atoms with van der Waals surface area (Å²) in [4.78, 5) is 17.5. The molecule has 3 heterocycles. The molecule has 0 aliphatic carbocycles. The Labute approximate surface area is 195 Å². The first-order valence-corrected chi connectivity index (χ1v) is 10.7. The highest BCUT2D eigenvalue weighted by Gasteiger charge is 2.21. The third kappa shape index (κ3) is 4.15. The average Bonchev–Trinajstić information content (AvgIpc) is 3.27. The number of aliphatic imine (C=N–C) groups is 1. The van der Waals surface area contributed by atoms with Gasteiger partial charge in [-0.2, -0.15) is 9.97 Å². The molecule has 8 heteroatoms. The molecule has 6 nitrogen and oxygen atoms in total. The summed E-state index contributed by atoms with van der Waals surface area (Å²) in [5.74, 6) is 1.63. The molecule has 0 atom stereocenters. The Morgan fingerprint density at radius 3 is 2.34 bits per heavy atom. The summed E-state index contributed by atoms with van der Waals surface area (Å²) in [6.45, 7) is 2.03. The van der Waals surface area contributed by atoms with Gasteiger partial charge in [-0.3, -0.25) is 4.98 Å². The van der Waals surface area contributed by atoms with Gasteiger partial charge in [0, 0.05) is 30.7 Å². The zero-order valence-electron chi connectivity index (χ0n) is 17.0. The minimum absolute atomic E-state index is 0.334. The van der Waals surface area contributed by atoms with Gasteiger partial charge < -0.3 is 10.1 Å². The largest absolute Gasteiger partial charge is 0.435 e. The number of nitrogens with zero attached hydrogens (tertiary/aromatic N) is 4. The van der Waals surface area contributed by atoms with Crippen LogP contribution in [0.4, 0.5) is 17.5 Å². The molecule has 32 heavy (non-hydrogen) atoms. The van der Waals surface area contributed by atoms with E-state index in [0.717, 1.165) is 22.4 Å². The van der Waals surface area contributed by atoms with Crippen molar-refractivity contribution in [3.63, 3.8) is 0 Å². The van der Waals surface area contributed by atoms with Crippen molar-refractivity contribution in [1.29, 1.82) is 0 Å². The lowest BCUT2D eigenvalue weighted by atomic mass is 10.1. The maximum Gasteiger partial charge on any atom is 0.232 e. The molecule has 2 aromatic heterocycles. The summed E-state index contributed by atoms with van der Waals surface area (Å²) in [6.07, 6.45) is 5.78. The van der Waals surface area contributed by atoms with Crippen LogP contribution >= 0.6 is 23.2 Å². The summed E-state index contributed by atoms with van der Waals surface area (Å²) >= 11 is 13.1. The topological polar surface area (TPSA) is 72.3 Å². The Balaban J connectivity index is 1.49. The molecule has 1 aliphatic heterocycles. The molecular weight excluding hydrogens is 445 g/mol. The zero-order chi connectivity index (χ0) is 22.1. The Morgan fingerprint density at radius 2 is 1.62 bits per heavy atom. The molecule has 1 aliphatic rings. The van der Waals surface area contributed by atoms with E-state index < -0.39 is 0 Å². The van der Waals surface area contributed by atoms with Crippen molar-refractivity contribution in [2.75, 3.05) is 5.32 Å². The molecular formula is C24H17Cl2N5O. The maximum atomic E-state index is 6.55. The van der Waals surface area contributed by atoms with Crippen LogP contribution in [0.2, 0.25) is 10.0 Å². The predicted octanol–water partition coefficient (Wildman–Crippen LogP) is 6.95. The van der Waals surface area contributed by atoms with Gasteiger partial charge in [-0.05, 0) is 54.4 Å². The van der Waals surface area contributed by atoms with Gasteiger partial charge in [-0.15, -0.1) is 0 Å². The molecule has 0 radical (unpaired) electrons. The molecule has 0 amide bonds. The molecule has 5 rings (SSSR count). The molecule has 0 saturated heterocycles. The quantitative estimate of drug-likeness (QED) is 0.348. The predicted molar refractivity (Wildman–Crippen MR) is 128 cm³/mol. The van der Waals surface area contributed by atoms with Gasteiger partial charge in [0.05, 0.1) is 15.6 Å². The smallest absolute Gasteiger partial charge is 0.232 e. The van der Waals surface area contributed by atoms with Crippen LogP contribution in [0, 0.1) is 6.92 Å². The number of ether oxygens (including phenoxy) is 1. The van der Waals surface area contributed by atoms with Crippen molar-refractivity contribution < 1.29 is 4.74 Å². The summed E-state index contributed by atoms with van der Waals surface area (Å²) in [7, 11) is 0. The second kappa shape index (κ2) is 8.57. The second-order valence-electron chi connectivity index (χ2n) is 7.27. The number of rotatable bonds is 5. The standard InChI is InChI=1S/C24H17Cl2N5O/c1-14-2-4-17(5-3-14)29-24-30-22-18(8-11-28-22)23(31-24)32-21-19(25)12-16(13-20(21)26)15-6-9-27-10-7-15/h2-7,9-13H,8H2,1H3,(H,29,30,31). The Hall–Kier alpha value is -3.48. The number of anilines is 2. The van der Waals surface area contributed by atoms with Gasteiger partial charge >= 0.3 is 0 Å². The molecule has 0 unspecified atom stereocenters. The fourth-order valence-corrected chi connectivity index (χ4v) is 3.90. The first kappa shape index (κ1) is 20.4. The molecule has 2 aromatic carbocycles. The number of aryl methyl sites for hydroxylation is 1. The maximum absolute atomic E-state index is 6.55. The van der Waals surface area contributed by atoms with Crippen molar-refractivity contribution in [2.24, 2.45) is 4.99 Å². The number of hydrogen-bond donors (Lipinski definition) is 1. The van der Waals surface area contributed by atoms with E-state index in [1.54, 1.807) is 18.6 Å². The Bertz CT molecular complexity index is 1300.